The third kappa shape index (κ3) is 4.40. The second kappa shape index (κ2) is 8.48. The normalized spacial score (nSPS) is 10.5. The molecule has 132 valence electrons. The summed E-state index contributed by atoms with van der Waals surface area (Å²) in [7, 11) is 0. The van der Waals surface area contributed by atoms with Gasteiger partial charge < -0.3 is 4.74 Å². The summed E-state index contributed by atoms with van der Waals surface area (Å²) < 4.78 is 19.3. The maximum atomic E-state index is 14.0. The van der Waals surface area contributed by atoms with Gasteiger partial charge in [0.25, 0.3) is 0 Å². The SMILES string of the molecule is C=Cc1ccc(CCc2ccc(-c3ccc(OCC)c(F)c3)cc2)cc1. The van der Waals surface area contributed by atoms with Crippen molar-refractivity contribution in [3.05, 3.63) is 95.8 Å². The Morgan fingerprint density at radius 2 is 1.42 bits per heavy atom. The monoisotopic (exact) mass is 346 g/mol. The molecule has 26 heavy (non-hydrogen) atoms. The van der Waals surface area contributed by atoms with Gasteiger partial charge in [-0.1, -0.05) is 67.3 Å². The molecule has 0 bridgehead atoms. The van der Waals surface area contributed by atoms with E-state index in [0.29, 0.717) is 12.4 Å². The Morgan fingerprint density at radius 3 is 1.96 bits per heavy atom. The van der Waals surface area contributed by atoms with Crippen molar-refractivity contribution >= 4 is 6.08 Å². The van der Waals surface area contributed by atoms with Gasteiger partial charge in [0.05, 0.1) is 6.61 Å². The van der Waals surface area contributed by atoms with Gasteiger partial charge in [0.15, 0.2) is 11.6 Å². The summed E-state index contributed by atoms with van der Waals surface area (Å²) >= 11 is 0. The van der Waals surface area contributed by atoms with Crippen LogP contribution in [-0.4, -0.2) is 6.61 Å². The number of halogens is 1. The summed E-state index contributed by atoms with van der Waals surface area (Å²) in [6, 6.07) is 21.9. The molecule has 3 aromatic rings. The standard InChI is InChI=1S/C24H23FO/c1-3-18-5-7-19(8-6-18)9-10-20-11-13-21(14-12-20)22-15-16-24(26-4-2)23(25)17-22/h3,5-8,11-17H,1,4,9-10H2,2H3. The van der Waals surface area contributed by atoms with Gasteiger partial charge >= 0.3 is 0 Å². The van der Waals surface area contributed by atoms with E-state index in [1.807, 2.05) is 31.2 Å². The van der Waals surface area contributed by atoms with Crippen LogP contribution >= 0.6 is 0 Å². The van der Waals surface area contributed by atoms with Crippen LogP contribution in [0.3, 0.4) is 0 Å². The highest BCUT2D eigenvalue weighted by molar-refractivity contribution is 5.64. The molecule has 0 unspecified atom stereocenters. The molecule has 0 aliphatic carbocycles. The van der Waals surface area contributed by atoms with Crippen molar-refractivity contribution in [3.63, 3.8) is 0 Å². The molecule has 0 aliphatic rings. The molecule has 2 heteroatoms. The van der Waals surface area contributed by atoms with Crippen LogP contribution in [0.15, 0.2) is 73.3 Å². The molecule has 0 amide bonds. The second-order valence-corrected chi connectivity index (χ2v) is 6.22. The van der Waals surface area contributed by atoms with E-state index >= 15 is 0 Å². The molecule has 0 fully saturated rings. The summed E-state index contributed by atoms with van der Waals surface area (Å²) in [6.45, 7) is 6.08. The quantitative estimate of drug-likeness (QED) is 0.486. The van der Waals surface area contributed by atoms with E-state index in [1.165, 1.54) is 17.2 Å². The summed E-state index contributed by atoms with van der Waals surface area (Å²) in [4.78, 5) is 0. The van der Waals surface area contributed by atoms with Crippen molar-refractivity contribution < 1.29 is 9.13 Å². The average Bonchev–Trinajstić information content (AvgIpc) is 2.69. The lowest BCUT2D eigenvalue weighted by molar-refractivity contribution is 0.321. The predicted molar refractivity (Wildman–Crippen MR) is 107 cm³/mol. The van der Waals surface area contributed by atoms with Gasteiger partial charge in [-0.15, -0.1) is 0 Å². The van der Waals surface area contributed by atoms with E-state index in [9.17, 15) is 4.39 Å². The molecule has 3 rings (SSSR count). The highest BCUT2D eigenvalue weighted by Crippen LogP contribution is 2.26. The molecule has 0 radical (unpaired) electrons. The third-order valence-corrected chi connectivity index (χ3v) is 4.44. The van der Waals surface area contributed by atoms with Gasteiger partial charge in [0.1, 0.15) is 0 Å². The number of hydrogen-bond acceptors (Lipinski definition) is 1. The zero-order valence-electron chi connectivity index (χ0n) is 15.0. The van der Waals surface area contributed by atoms with Crippen LogP contribution in [0.2, 0.25) is 0 Å². The fraction of sp³-hybridized carbons (Fsp3) is 0.167. The molecule has 0 aromatic heterocycles. The predicted octanol–water partition coefficient (Wildman–Crippen LogP) is 6.32. The Kier molecular flexibility index (Phi) is 5.85. The molecule has 0 saturated carbocycles. The van der Waals surface area contributed by atoms with Crippen LogP contribution in [-0.2, 0) is 12.8 Å². The van der Waals surface area contributed by atoms with Crippen molar-refractivity contribution in [1.29, 1.82) is 0 Å². The Labute approximate surface area is 154 Å². The van der Waals surface area contributed by atoms with Crippen LogP contribution < -0.4 is 4.74 Å². The third-order valence-electron chi connectivity index (χ3n) is 4.44. The molecule has 0 saturated heterocycles. The molecule has 1 nitrogen and oxygen atoms in total. The minimum absolute atomic E-state index is 0.301. The highest BCUT2D eigenvalue weighted by atomic mass is 19.1. The Hall–Kier alpha value is -2.87. The van der Waals surface area contributed by atoms with Crippen LogP contribution in [0, 0.1) is 5.82 Å². The van der Waals surface area contributed by atoms with Crippen LogP contribution in [0.1, 0.15) is 23.6 Å². The lowest BCUT2D eigenvalue weighted by Gasteiger charge is -2.08. The molecule has 0 heterocycles. The van der Waals surface area contributed by atoms with E-state index < -0.39 is 0 Å². The number of hydrogen-bond donors (Lipinski definition) is 0. The van der Waals surface area contributed by atoms with E-state index in [4.69, 9.17) is 4.74 Å². The first-order valence-corrected chi connectivity index (χ1v) is 8.92. The van der Waals surface area contributed by atoms with Crippen LogP contribution in [0.25, 0.3) is 17.2 Å². The van der Waals surface area contributed by atoms with Crippen molar-refractivity contribution in [3.8, 4) is 16.9 Å². The summed E-state index contributed by atoms with van der Waals surface area (Å²) in [5, 5.41) is 0. The fourth-order valence-electron chi connectivity index (χ4n) is 2.93. The second-order valence-electron chi connectivity index (χ2n) is 6.22. The largest absolute Gasteiger partial charge is 0.491 e. The summed E-state index contributed by atoms with van der Waals surface area (Å²) in [5.74, 6) is -0.0215. The molecular weight excluding hydrogens is 323 g/mol. The van der Waals surface area contributed by atoms with E-state index in [1.54, 1.807) is 6.07 Å². The van der Waals surface area contributed by atoms with E-state index in [-0.39, 0.29) is 5.82 Å². The van der Waals surface area contributed by atoms with Gasteiger partial charge in [-0.2, -0.15) is 0 Å². The van der Waals surface area contributed by atoms with Gasteiger partial charge in [-0.05, 0) is 59.7 Å². The topological polar surface area (TPSA) is 9.23 Å². The van der Waals surface area contributed by atoms with Crippen molar-refractivity contribution in [2.45, 2.75) is 19.8 Å². The number of rotatable bonds is 7. The first kappa shape index (κ1) is 17.9. The van der Waals surface area contributed by atoms with E-state index in [0.717, 1.165) is 29.5 Å². The van der Waals surface area contributed by atoms with Crippen molar-refractivity contribution in [1.82, 2.24) is 0 Å². The molecule has 0 N–H and O–H groups in total. The number of ether oxygens (including phenoxy) is 1. The summed E-state index contributed by atoms with van der Waals surface area (Å²) in [6.07, 6.45) is 3.83. The van der Waals surface area contributed by atoms with Crippen molar-refractivity contribution in [2.75, 3.05) is 6.61 Å². The van der Waals surface area contributed by atoms with E-state index in [2.05, 4.69) is 43.0 Å². The molecule has 0 spiro atoms. The number of aryl methyl sites for hydroxylation is 2. The van der Waals surface area contributed by atoms with Crippen LogP contribution in [0.4, 0.5) is 4.39 Å². The Balaban J connectivity index is 1.66. The number of benzene rings is 3. The maximum absolute atomic E-state index is 14.0. The smallest absolute Gasteiger partial charge is 0.165 e. The fourth-order valence-corrected chi connectivity index (χ4v) is 2.93. The minimum Gasteiger partial charge on any atom is -0.491 e. The maximum Gasteiger partial charge on any atom is 0.165 e. The lowest BCUT2D eigenvalue weighted by Crippen LogP contribution is -1.95. The lowest BCUT2D eigenvalue weighted by atomic mass is 10.00. The first-order chi connectivity index (χ1) is 12.7. The summed E-state index contributed by atoms with van der Waals surface area (Å²) in [5.41, 5.74) is 5.59. The van der Waals surface area contributed by atoms with Gasteiger partial charge in [-0.25, -0.2) is 4.39 Å². The van der Waals surface area contributed by atoms with Crippen molar-refractivity contribution in [2.24, 2.45) is 0 Å². The zero-order chi connectivity index (χ0) is 18.4. The zero-order valence-corrected chi connectivity index (χ0v) is 15.0. The Morgan fingerprint density at radius 1 is 0.846 bits per heavy atom. The minimum atomic E-state index is -0.323. The van der Waals surface area contributed by atoms with Crippen LogP contribution in [0.5, 0.6) is 5.75 Å². The first-order valence-electron chi connectivity index (χ1n) is 8.92. The average molecular weight is 346 g/mol. The molecule has 0 aliphatic heterocycles. The Bertz CT molecular complexity index is 864. The van der Waals surface area contributed by atoms with Gasteiger partial charge in [0.2, 0.25) is 0 Å². The van der Waals surface area contributed by atoms with Gasteiger partial charge in [0, 0.05) is 0 Å². The molecular formula is C24H23FO. The molecule has 0 atom stereocenters. The highest BCUT2D eigenvalue weighted by Gasteiger charge is 2.06. The molecule has 3 aromatic carbocycles. The van der Waals surface area contributed by atoms with Gasteiger partial charge in [-0.3, -0.25) is 0 Å².